The number of amides is 2. The van der Waals surface area contributed by atoms with Gasteiger partial charge in [0.25, 0.3) is 5.91 Å². The lowest BCUT2D eigenvalue weighted by atomic mass is 9.90. The van der Waals surface area contributed by atoms with Crippen LogP contribution in [0.2, 0.25) is 0 Å². The van der Waals surface area contributed by atoms with Gasteiger partial charge in [-0.2, -0.15) is 0 Å². The van der Waals surface area contributed by atoms with Gasteiger partial charge in [-0.05, 0) is 36.1 Å². The molecule has 4 aromatic rings. The summed E-state index contributed by atoms with van der Waals surface area (Å²) in [4.78, 5) is 35.0. The van der Waals surface area contributed by atoms with E-state index in [1.54, 1.807) is 5.06 Å². The maximum absolute atomic E-state index is 13.9. The van der Waals surface area contributed by atoms with Crippen LogP contribution in [0, 0.1) is 12.8 Å². The number of hydrogen-bond donors (Lipinski definition) is 0. The van der Waals surface area contributed by atoms with E-state index in [2.05, 4.69) is 0 Å². The molecule has 2 heterocycles. The van der Waals surface area contributed by atoms with Crippen LogP contribution in [0.5, 0.6) is 0 Å². The van der Waals surface area contributed by atoms with Crippen LogP contribution in [0.1, 0.15) is 17.2 Å². The van der Waals surface area contributed by atoms with Crippen LogP contribution in [0.4, 0.5) is 11.4 Å². The molecule has 0 bridgehead atoms. The van der Waals surface area contributed by atoms with Crippen molar-refractivity contribution in [1.29, 1.82) is 0 Å². The highest BCUT2D eigenvalue weighted by molar-refractivity contribution is 6.26. The van der Waals surface area contributed by atoms with Gasteiger partial charge < -0.3 is 0 Å². The van der Waals surface area contributed by atoms with Crippen molar-refractivity contribution in [2.45, 2.75) is 19.1 Å². The second kappa shape index (κ2) is 7.57. The Hall–Kier alpha value is -3.96. The van der Waals surface area contributed by atoms with Crippen LogP contribution in [0.15, 0.2) is 97.1 Å². The van der Waals surface area contributed by atoms with E-state index in [-0.39, 0.29) is 11.8 Å². The summed E-state index contributed by atoms with van der Waals surface area (Å²) in [6.07, 6.45) is -0.872. The van der Waals surface area contributed by atoms with Gasteiger partial charge in [0.2, 0.25) is 5.91 Å². The summed E-state index contributed by atoms with van der Waals surface area (Å²) < 4.78 is 0. The first-order chi connectivity index (χ1) is 16.1. The van der Waals surface area contributed by atoms with Crippen LogP contribution >= 0.6 is 0 Å². The Bertz CT molecular complexity index is 1360. The smallest absolute Gasteiger partial charge is 0.266 e. The van der Waals surface area contributed by atoms with E-state index in [4.69, 9.17) is 4.84 Å². The van der Waals surface area contributed by atoms with Gasteiger partial charge in [0.15, 0.2) is 6.10 Å². The second-order valence-corrected chi connectivity index (χ2v) is 8.58. The van der Waals surface area contributed by atoms with Gasteiger partial charge in [0.05, 0.1) is 17.4 Å². The summed E-state index contributed by atoms with van der Waals surface area (Å²) in [6, 6.07) is 30.8. The first-order valence-corrected chi connectivity index (χ1v) is 11.1. The average Bonchev–Trinajstić information content (AvgIpc) is 3.36. The van der Waals surface area contributed by atoms with Crippen molar-refractivity contribution in [1.82, 2.24) is 0 Å². The van der Waals surface area contributed by atoms with Crippen molar-refractivity contribution >= 4 is 34.0 Å². The van der Waals surface area contributed by atoms with Gasteiger partial charge in [-0.25, -0.2) is 9.96 Å². The minimum Gasteiger partial charge on any atom is -0.273 e. The highest BCUT2D eigenvalue weighted by Crippen LogP contribution is 2.48. The summed E-state index contributed by atoms with van der Waals surface area (Å²) in [6.45, 7) is 2.03. The van der Waals surface area contributed by atoms with Crippen LogP contribution in [0.3, 0.4) is 0 Å². The van der Waals surface area contributed by atoms with Gasteiger partial charge in [-0.3, -0.25) is 14.4 Å². The van der Waals surface area contributed by atoms with E-state index in [9.17, 15) is 9.59 Å². The highest BCUT2D eigenvalue weighted by Gasteiger charge is 2.60. The van der Waals surface area contributed by atoms with E-state index in [0.29, 0.717) is 5.69 Å². The lowest BCUT2D eigenvalue weighted by molar-refractivity contribution is -0.126. The van der Waals surface area contributed by atoms with Gasteiger partial charge in [0, 0.05) is 5.39 Å². The molecule has 2 fully saturated rings. The number of para-hydroxylation sites is 1. The van der Waals surface area contributed by atoms with Crippen molar-refractivity contribution < 1.29 is 14.4 Å². The molecule has 0 aliphatic carbocycles. The lowest BCUT2D eigenvalue weighted by Gasteiger charge is -2.29. The average molecular weight is 434 g/mol. The van der Waals surface area contributed by atoms with Crippen LogP contribution in [0.25, 0.3) is 10.8 Å². The minimum absolute atomic E-state index is 0.231. The van der Waals surface area contributed by atoms with Crippen molar-refractivity contribution in [2.24, 2.45) is 5.92 Å². The fourth-order valence-corrected chi connectivity index (χ4v) is 4.96. The van der Waals surface area contributed by atoms with Gasteiger partial charge in [-0.1, -0.05) is 84.4 Å². The van der Waals surface area contributed by atoms with Gasteiger partial charge in [-0.15, -0.1) is 0 Å². The zero-order valence-corrected chi connectivity index (χ0v) is 18.1. The minimum atomic E-state index is -0.872. The third-order valence-electron chi connectivity index (χ3n) is 6.55. The number of hydroxylamine groups is 1. The number of carbonyl (C=O) groups excluding carboxylic acids is 2. The van der Waals surface area contributed by atoms with Crippen LogP contribution in [-0.4, -0.2) is 17.9 Å². The predicted molar refractivity (Wildman–Crippen MR) is 128 cm³/mol. The molecule has 2 aliphatic heterocycles. The molecule has 5 nitrogen and oxygen atoms in total. The molecule has 6 rings (SSSR count). The number of rotatable bonds is 3. The number of fused-ring (bicyclic) bond motifs is 2. The number of aryl methyl sites for hydroxylation is 1. The SMILES string of the molecule is Cc1ccc([C@H]2[C@@H]3C(=O)N(c4cccc5ccccc45)C(=O)[C@H]3ON2c2ccccc2)cc1. The van der Waals surface area contributed by atoms with E-state index >= 15 is 0 Å². The molecule has 0 aromatic heterocycles. The van der Waals surface area contributed by atoms with E-state index < -0.39 is 18.1 Å². The molecule has 33 heavy (non-hydrogen) atoms. The fraction of sp³-hybridized carbons (Fsp3) is 0.143. The summed E-state index contributed by atoms with van der Waals surface area (Å²) in [5, 5.41) is 3.58. The zero-order chi connectivity index (χ0) is 22.5. The number of carbonyl (C=O) groups is 2. The molecule has 0 saturated carbocycles. The number of anilines is 2. The Morgan fingerprint density at radius 3 is 2.21 bits per heavy atom. The van der Waals surface area contributed by atoms with Crippen molar-refractivity contribution in [3.05, 3.63) is 108 Å². The summed E-state index contributed by atoms with van der Waals surface area (Å²) in [5.74, 6) is -1.19. The Labute approximate surface area is 191 Å². The standard InChI is InChI=1S/C28H22N2O3/c1-18-14-16-20(17-15-18)25-24-26(33-30(25)21-10-3-2-4-11-21)28(32)29(27(24)31)23-13-7-9-19-8-5-6-12-22(19)23/h2-17,24-26H,1H3/t24-,25-,26-/m0/s1. The highest BCUT2D eigenvalue weighted by atomic mass is 16.7. The molecule has 0 radical (unpaired) electrons. The maximum atomic E-state index is 13.9. The van der Waals surface area contributed by atoms with E-state index in [0.717, 1.165) is 27.6 Å². The molecule has 3 atom stereocenters. The van der Waals surface area contributed by atoms with Gasteiger partial charge in [0.1, 0.15) is 5.92 Å². The number of hydrogen-bond acceptors (Lipinski definition) is 4. The predicted octanol–water partition coefficient (Wildman–Crippen LogP) is 5.20. The molecule has 4 aromatic carbocycles. The zero-order valence-electron chi connectivity index (χ0n) is 18.1. The third kappa shape index (κ3) is 3.04. The molecule has 2 aliphatic rings. The normalized spacial score (nSPS) is 22.3. The molecule has 5 heteroatoms. The fourth-order valence-electron chi connectivity index (χ4n) is 4.96. The Morgan fingerprint density at radius 2 is 1.42 bits per heavy atom. The summed E-state index contributed by atoms with van der Waals surface area (Å²) in [5.41, 5.74) is 3.49. The van der Waals surface area contributed by atoms with Crippen molar-refractivity contribution in [2.75, 3.05) is 9.96 Å². The number of benzene rings is 4. The Morgan fingerprint density at radius 1 is 0.727 bits per heavy atom. The molecule has 0 unspecified atom stereocenters. The van der Waals surface area contributed by atoms with Crippen LogP contribution in [-0.2, 0) is 14.4 Å². The molecule has 162 valence electrons. The molecule has 0 N–H and O–H groups in total. The monoisotopic (exact) mass is 434 g/mol. The van der Waals surface area contributed by atoms with Crippen molar-refractivity contribution in [3.8, 4) is 0 Å². The second-order valence-electron chi connectivity index (χ2n) is 8.58. The molecular formula is C28H22N2O3. The maximum Gasteiger partial charge on any atom is 0.266 e. The number of nitrogens with zero attached hydrogens (tertiary/aromatic N) is 2. The van der Waals surface area contributed by atoms with Gasteiger partial charge >= 0.3 is 0 Å². The quantitative estimate of drug-likeness (QED) is 0.416. The summed E-state index contributed by atoms with van der Waals surface area (Å²) in [7, 11) is 0. The first kappa shape index (κ1) is 19.7. The van der Waals surface area contributed by atoms with Crippen LogP contribution < -0.4 is 9.96 Å². The molecule has 0 spiro atoms. The lowest BCUT2D eigenvalue weighted by Crippen LogP contribution is -2.37. The Balaban J connectivity index is 1.46. The van der Waals surface area contributed by atoms with E-state index in [1.807, 2.05) is 104 Å². The topological polar surface area (TPSA) is 49.9 Å². The summed E-state index contributed by atoms with van der Waals surface area (Å²) >= 11 is 0. The number of imide groups is 1. The molecule has 2 saturated heterocycles. The first-order valence-electron chi connectivity index (χ1n) is 11.1. The third-order valence-corrected chi connectivity index (χ3v) is 6.55. The molecular weight excluding hydrogens is 412 g/mol. The Kier molecular flexibility index (Phi) is 4.52. The molecule has 2 amide bonds. The van der Waals surface area contributed by atoms with E-state index in [1.165, 1.54) is 4.90 Å². The largest absolute Gasteiger partial charge is 0.273 e. The van der Waals surface area contributed by atoms with Crippen molar-refractivity contribution in [3.63, 3.8) is 0 Å².